The lowest BCUT2D eigenvalue weighted by Gasteiger charge is -2.55. The van der Waals surface area contributed by atoms with Gasteiger partial charge in [0.2, 0.25) is 0 Å². The minimum Gasteiger partial charge on any atom is -0.456 e. The second-order valence-electron chi connectivity index (χ2n) is 9.95. The van der Waals surface area contributed by atoms with E-state index in [1.54, 1.807) is 40.7 Å². The van der Waals surface area contributed by atoms with Crippen LogP contribution in [-0.4, -0.2) is 51.8 Å². The zero-order valence-corrected chi connectivity index (χ0v) is 18.3. The molecule has 0 amide bonds. The van der Waals surface area contributed by atoms with Crippen molar-refractivity contribution in [1.82, 2.24) is 0 Å². The molecule has 1 heterocycles. The van der Waals surface area contributed by atoms with Gasteiger partial charge in [0.25, 0.3) is 0 Å². The van der Waals surface area contributed by atoms with Crippen LogP contribution in [0.15, 0.2) is 11.6 Å². The van der Waals surface area contributed by atoms with Crippen LogP contribution in [0.3, 0.4) is 0 Å². The monoisotopic (exact) mass is 408 g/mol. The molecule has 1 saturated heterocycles. The number of Topliss-reactive ketones (excluding diaryl/α,β-unsaturated/α-hetero) is 1. The van der Waals surface area contributed by atoms with E-state index in [0.717, 1.165) is 0 Å². The number of hydrogen-bond donors (Lipinski definition) is 1. The highest BCUT2D eigenvalue weighted by Gasteiger charge is 2.62. The Morgan fingerprint density at radius 1 is 1.28 bits per heavy atom. The number of epoxide rings is 1. The van der Waals surface area contributed by atoms with Crippen molar-refractivity contribution in [2.75, 3.05) is 0 Å². The van der Waals surface area contributed by atoms with Crippen LogP contribution in [0.25, 0.3) is 0 Å². The third kappa shape index (κ3) is 3.63. The van der Waals surface area contributed by atoms with Crippen molar-refractivity contribution in [3.63, 3.8) is 0 Å². The SMILES string of the molecule is CC(=O)O[C@]1(C)[C@H](OC(=O)[C@@]2(C)O[C@@H]2C)CC[C@]2(C)CC(=O)C(C(C)(C)O)=C[C@@H]21. The van der Waals surface area contributed by atoms with Crippen LogP contribution >= 0.6 is 0 Å². The van der Waals surface area contributed by atoms with Crippen molar-refractivity contribution in [3.05, 3.63) is 11.6 Å². The third-order valence-corrected chi connectivity index (χ3v) is 7.00. The zero-order chi connectivity index (χ0) is 22.0. The van der Waals surface area contributed by atoms with Crippen LogP contribution in [-0.2, 0) is 28.6 Å². The lowest BCUT2D eigenvalue weighted by molar-refractivity contribution is -0.212. The molecule has 7 heteroatoms. The first kappa shape index (κ1) is 22.0. The molecule has 3 rings (SSSR count). The summed E-state index contributed by atoms with van der Waals surface area (Å²) in [5.74, 6) is -1.47. The van der Waals surface area contributed by atoms with Crippen LogP contribution in [0.2, 0.25) is 0 Å². The third-order valence-electron chi connectivity index (χ3n) is 7.00. The largest absolute Gasteiger partial charge is 0.456 e. The molecule has 0 aromatic rings. The van der Waals surface area contributed by atoms with Crippen LogP contribution < -0.4 is 0 Å². The second kappa shape index (κ2) is 6.64. The Balaban J connectivity index is 2.01. The highest BCUT2D eigenvalue weighted by molar-refractivity contribution is 5.98. The van der Waals surface area contributed by atoms with Gasteiger partial charge >= 0.3 is 11.9 Å². The molecule has 29 heavy (non-hydrogen) atoms. The molecule has 162 valence electrons. The van der Waals surface area contributed by atoms with Crippen molar-refractivity contribution < 1.29 is 33.7 Å². The lowest BCUT2D eigenvalue weighted by Crippen LogP contribution is -2.61. The Bertz CT molecular complexity index is 779. The van der Waals surface area contributed by atoms with Crippen molar-refractivity contribution in [3.8, 4) is 0 Å². The number of fused-ring (bicyclic) bond motifs is 1. The highest BCUT2D eigenvalue weighted by atomic mass is 16.7. The molecular weight excluding hydrogens is 376 g/mol. The highest BCUT2D eigenvalue weighted by Crippen LogP contribution is 2.55. The summed E-state index contributed by atoms with van der Waals surface area (Å²) in [5, 5.41) is 10.5. The first-order chi connectivity index (χ1) is 13.1. The summed E-state index contributed by atoms with van der Waals surface area (Å²) < 4.78 is 17.0. The molecule has 0 unspecified atom stereocenters. The molecule has 1 N–H and O–H groups in total. The molecule has 0 radical (unpaired) electrons. The van der Waals surface area contributed by atoms with Crippen LogP contribution in [0.5, 0.6) is 0 Å². The maximum absolute atomic E-state index is 12.7. The summed E-state index contributed by atoms with van der Waals surface area (Å²) in [6.07, 6.45) is 2.15. The maximum Gasteiger partial charge on any atom is 0.341 e. The Labute approximate surface area is 171 Å². The maximum atomic E-state index is 12.7. The van der Waals surface area contributed by atoms with E-state index in [4.69, 9.17) is 14.2 Å². The van der Waals surface area contributed by atoms with Gasteiger partial charge in [-0.05, 0) is 52.9 Å². The van der Waals surface area contributed by atoms with Gasteiger partial charge < -0.3 is 19.3 Å². The van der Waals surface area contributed by atoms with E-state index >= 15 is 0 Å². The predicted molar refractivity (Wildman–Crippen MR) is 104 cm³/mol. The summed E-state index contributed by atoms with van der Waals surface area (Å²) >= 11 is 0. The number of aliphatic hydroxyl groups is 1. The van der Waals surface area contributed by atoms with Gasteiger partial charge in [-0.25, -0.2) is 4.79 Å². The molecule has 1 aliphatic heterocycles. The number of carbonyl (C=O) groups is 3. The Morgan fingerprint density at radius 3 is 2.34 bits per heavy atom. The van der Waals surface area contributed by atoms with Gasteiger partial charge in [0.15, 0.2) is 17.0 Å². The minimum atomic E-state index is -1.32. The molecule has 3 aliphatic rings. The summed E-state index contributed by atoms with van der Waals surface area (Å²) in [7, 11) is 0. The van der Waals surface area contributed by atoms with Crippen LogP contribution in [0.4, 0.5) is 0 Å². The predicted octanol–water partition coefficient (Wildman–Crippen LogP) is 2.48. The summed E-state index contributed by atoms with van der Waals surface area (Å²) in [6, 6.07) is 0. The Hall–Kier alpha value is -1.73. The summed E-state index contributed by atoms with van der Waals surface area (Å²) in [5.41, 5.74) is -3.62. The molecule has 2 fully saturated rings. The zero-order valence-electron chi connectivity index (χ0n) is 18.3. The molecule has 0 bridgehead atoms. The van der Waals surface area contributed by atoms with E-state index in [-0.39, 0.29) is 18.3 Å². The fourth-order valence-electron chi connectivity index (χ4n) is 5.04. The van der Waals surface area contributed by atoms with Crippen molar-refractivity contribution in [1.29, 1.82) is 0 Å². The van der Waals surface area contributed by atoms with Crippen LogP contribution in [0, 0.1) is 11.3 Å². The number of carbonyl (C=O) groups excluding carboxylic acids is 3. The summed E-state index contributed by atoms with van der Waals surface area (Å²) in [6.45, 7) is 11.7. The normalized spacial score (nSPS) is 41.9. The van der Waals surface area contributed by atoms with E-state index in [2.05, 4.69) is 0 Å². The van der Waals surface area contributed by atoms with Gasteiger partial charge in [0, 0.05) is 24.8 Å². The van der Waals surface area contributed by atoms with Crippen LogP contribution in [0.1, 0.15) is 67.7 Å². The number of esters is 2. The average Bonchev–Trinajstić information content (AvgIpc) is 3.16. The van der Waals surface area contributed by atoms with Gasteiger partial charge in [-0.1, -0.05) is 13.0 Å². The fraction of sp³-hybridized carbons (Fsp3) is 0.773. The average molecular weight is 408 g/mol. The van der Waals surface area contributed by atoms with Gasteiger partial charge in [-0.2, -0.15) is 0 Å². The number of rotatable bonds is 4. The van der Waals surface area contributed by atoms with Gasteiger partial charge in [0.05, 0.1) is 11.7 Å². The van der Waals surface area contributed by atoms with Crippen molar-refractivity contribution >= 4 is 17.7 Å². The van der Waals surface area contributed by atoms with Gasteiger partial charge in [-0.15, -0.1) is 0 Å². The van der Waals surface area contributed by atoms with Crippen molar-refractivity contribution in [2.45, 2.75) is 96.7 Å². The molecule has 0 aromatic heterocycles. The van der Waals surface area contributed by atoms with E-state index < -0.39 is 46.2 Å². The van der Waals surface area contributed by atoms with E-state index in [0.29, 0.717) is 18.4 Å². The van der Waals surface area contributed by atoms with E-state index in [1.807, 2.05) is 6.92 Å². The standard InChI is InChI=1S/C22H32O7/c1-12-21(6,28-12)18(25)27-17-8-9-20(5)11-15(24)14(19(3,4)26)10-16(20)22(17,7)29-13(2)23/h10,12,16-17,26H,8-9,11H2,1-7H3/t12-,16+,17-,20-,21+,22+/m1/s1. The number of hydrogen-bond acceptors (Lipinski definition) is 7. The summed E-state index contributed by atoms with van der Waals surface area (Å²) in [4.78, 5) is 37.4. The second-order valence-corrected chi connectivity index (χ2v) is 9.95. The molecule has 0 aromatic carbocycles. The lowest BCUT2D eigenvalue weighted by atomic mass is 9.54. The number of ketones is 1. The van der Waals surface area contributed by atoms with E-state index in [9.17, 15) is 19.5 Å². The van der Waals surface area contributed by atoms with Gasteiger partial charge in [0.1, 0.15) is 6.10 Å². The Kier molecular flexibility index (Phi) is 5.03. The smallest absolute Gasteiger partial charge is 0.341 e. The molecule has 6 atom stereocenters. The fourth-order valence-corrected chi connectivity index (χ4v) is 5.04. The molecule has 1 saturated carbocycles. The van der Waals surface area contributed by atoms with Crippen molar-refractivity contribution in [2.24, 2.45) is 11.3 Å². The molecule has 0 spiro atoms. The molecular formula is C22H32O7. The first-order valence-corrected chi connectivity index (χ1v) is 10.2. The van der Waals surface area contributed by atoms with Gasteiger partial charge in [-0.3, -0.25) is 9.59 Å². The molecule has 7 nitrogen and oxygen atoms in total. The number of ether oxygens (including phenoxy) is 3. The quantitative estimate of drug-likeness (QED) is 0.563. The minimum absolute atomic E-state index is 0.107. The Morgan fingerprint density at radius 2 is 1.86 bits per heavy atom. The molecule has 2 aliphatic carbocycles. The van der Waals surface area contributed by atoms with E-state index in [1.165, 1.54) is 6.92 Å². The topological polar surface area (TPSA) is 102 Å². The first-order valence-electron chi connectivity index (χ1n) is 10.2.